The number of benzene rings is 7. The van der Waals surface area contributed by atoms with Gasteiger partial charge in [-0.3, -0.25) is 0 Å². The molecule has 0 unspecified atom stereocenters. The molecule has 0 saturated heterocycles. The fourth-order valence-electron chi connectivity index (χ4n) is 7.52. The topological polar surface area (TPSA) is 77.3 Å². The van der Waals surface area contributed by atoms with E-state index in [0.29, 0.717) is 17.5 Å². The van der Waals surface area contributed by atoms with E-state index in [1.165, 1.54) is 0 Å². The van der Waals surface area contributed by atoms with Crippen LogP contribution < -0.4 is 0 Å². The highest BCUT2D eigenvalue weighted by atomic mass is 14.9. The molecule has 0 spiro atoms. The molecule has 0 aliphatic rings. The maximum atomic E-state index is 5.24. The molecular formula is C54H36N6. The largest absolute Gasteiger partial charge is 0.236 e. The first-order valence-electron chi connectivity index (χ1n) is 19.8. The summed E-state index contributed by atoms with van der Waals surface area (Å²) < 4.78 is 0. The van der Waals surface area contributed by atoms with E-state index in [9.17, 15) is 0 Å². The van der Waals surface area contributed by atoms with Crippen LogP contribution in [0.3, 0.4) is 0 Å². The van der Waals surface area contributed by atoms with Gasteiger partial charge in [-0.25, -0.2) is 29.9 Å². The minimum absolute atomic E-state index is 0.654. The van der Waals surface area contributed by atoms with Crippen LogP contribution in [0.15, 0.2) is 219 Å². The number of hydrogen-bond donors (Lipinski definition) is 0. The summed E-state index contributed by atoms with van der Waals surface area (Å²) in [6, 6.07) is 66.3. The Morgan fingerprint density at radius 2 is 0.533 bits per heavy atom. The molecule has 0 aliphatic heterocycles. The monoisotopic (exact) mass is 768 g/mol. The van der Waals surface area contributed by atoms with Gasteiger partial charge in [0.05, 0.1) is 11.4 Å². The molecule has 0 fully saturated rings. The molecular weight excluding hydrogens is 733 g/mol. The van der Waals surface area contributed by atoms with E-state index in [0.717, 1.165) is 83.7 Å². The van der Waals surface area contributed by atoms with Crippen LogP contribution in [0.1, 0.15) is 0 Å². The average Bonchev–Trinajstić information content (AvgIpc) is 3.35. The second-order valence-corrected chi connectivity index (χ2v) is 14.4. The lowest BCUT2D eigenvalue weighted by Gasteiger charge is -2.15. The van der Waals surface area contributed by atoms with E-state index in [-0.39, 0.29) is 0 Å². The van der Waals surface area contributed by atoms with Crippen LogP contribution in [0.2, 0.25) is 0 Å². The molecule has 7 aromatic carbocycles. The molecule has 10 aromatic rings. The highest BCUT2D eigenvalue weighted by Crippen LogP contribution is 2.39. The Labute approximate surface area is 348 Å². The fraction of sp³-hybridized carbons (Fsp3) is 0. The van der Waals surface area contributed by atoms with Crippen LogP contribution in [0.5, 0.6) is 0 Å². The molecule has 0 bridgehead atoms. The lowest BCUT2D eigenvalue weighted by atomic mass is 9.93. The predicted molar refractivity (Wildman–Crippen MR) is 242 cm³/mol. The van der Waals surface area contributed by atoms with Gasteiger partial charge in [-0.2, -0.15) is 0 Å². The summed E-state index contributed by atoms with van der Waals surface area (Å²) in [5.74, 6) is 2.06. The third-order valence-corrected chi connectivity index (χ3v) is 10.5. The third-order valence-electron chi connectivity index (χ3n) is 10.5. The number of hydrogen-bond acceptors (Lipinski definition) is 6. The first-order chi connectivity index (χ1) is 29.7. The molecule has 10 rings (SSSR count). The Morgan fingerprint density at radius 3 is 0.933 bits per heavy atom. The Balaban J connectivity index is 1.04. The van der Waals surface area contributed by atoms with Crippen LogP contribution in [-0.2, 0) is 0 Å². The molecule has 0 radical (unpaired) electrons. The van der Waals surface area contributed by atoms with Crippen LogP contribution in [-0.4, -0.2) is 29.9 Å². The summed E-state index contributed by atoms with van der Waals surface area (Å²) in [5.41, 5.74) is 14.8. The van der Waals surface area contributed by atoms with Crippen molar-refractivity contribution in [2.24, 2.45) is 0 Å². The van der Waals surface area contributed by atoms with Gasteiger partial charge in [0, 0.05) is 63.7 Å². The summed E-state index contributed by atoms with van der Waals surface area (Å²) in [7, 11) is 0. The van der Waals surface area contributed by atoms with E-state index < -0.39 is 0 Å². The van der Waals surface area contributed by atoms with E-state index in [1.54, 1.807) is 0 Å². The average molecular weight is 769 g/mol. The van der Waals surface area contributed by atoms with Crippen LogP contribution in [0.4, 0.5) is 0 Å². The van der Waals surface area contributed by atoms with Crippen molar-refractivity contribution in [2.75, 3.05) is 0 Å². The normalized spacial score (nSPS) is 11.0. The molecule has 6 nitrogen and oxygen atoms in total. The quantitative estimate of drug-likeness (QED) is 0.145. The van der Waals surface area contributed by atoms with Crippen molar-refractivity contribution in [3.63, 3.8) is 0 Å². The second kappa shape index (κ2) is 16.3. The number of rotatable bonds is 9. The summed E-state index contributed by atoms with van der Waals surface area (Å²) in [6.07, 6.45) is 7.58. The molecule has 0 atom stereocenters. The van der Waals surface area contributed by atoms with Gasteiger partial charge in [-0.15, -0.1) is 0 Å². The van der Waals surface area contributed by atoms with Crippen molar-refractivity contribution in [1.82, 2.24) is 29.9 Å². The number of nitrogens with zero attached hydrogens (tertiary/aromatic N) is 6. The van der Waals surface area contributed by atoms with Crippen LogP contribution in [0, 0.1) is 0 Å². The SMILES string of the molecule is c1ccc(-c2ncc(-c3cccc(-c4ccccc4-c4cc(-c5ccccc5-c5cccc(-c6cnc(-c7ccccc7)nc6)c5)nc(-c5ccccc5)n4)c3)cn2)cc1. The van der Waals surface area contributed by atoms with Crippen LogP contribution in [0.25, 0.3) is 101 Å². The number of aromatic nitrogens is 6. The molecule has 6 heteroatoms. The minimum atomic E-state index is 0.654. The zero-order valence-corrected chi connectivity index (χ0v) is 32.5. The second-order valence-electron chi connectivity index (χ2n) is 14.4. The van der Waals surface area contributed by atoms with Crippen molar-refractivity contribution >= 4 is 0 Å². The predicted octanol–water partition coefficient (Wildman–Crippen LogP) is 13.1. The van der Waals surface area contributed by atoms with Crippen LogP contribution >= 0.6 is 0 Å². The summed E-state index contributed by atoms with van der Waals surface area (Å²) >= 11 is 0. The first kappa shape index (κ1) is 36.1. The van der Waals surface area contributed by atoms with Gasteiger partial charge in [0.15, 0.2) is 17.5 Å². The summed E-state index contributed by atoms with van der Waals surface area (Å²) in [5, 5.41) is 0. The molecule has 0 amide bonds. The lowest BCUT2D eigenvalue weighted by Crippen LogP contribution is -1.98. The highest BCUT2D eigenvalue weighted by Gasteiger charge is 2.17. The van der Waals surface area contributed by atoms with Crippen molar-refractivity contribution < 1.29 is 0 Å². The first-order valence-corrected chi connectivity index (χ1v) is 19.8. The molecule has 3 aromatic heterocycles. The molecule has 0 aliphatic carbocycles. The highest BCUT2D eigenvalue weighted by molar-refractivity contribution is 5.89. The van der Waals surface area contributed by atoms with Crippen molar-refractivity contribution in [1.29, 1.82) is 0 Å². The van der Waals surface area contributed by atoms with E-state index in [2.05, 4.69) is 115 Å². The summed E-state index contributed by atoms with van der Waals surface area (Å²) in [4.78, 5) is 29.3. The Morgan fingerprint density at radius 1 is 0.217 bits per heavy atom. The van der Waals surface area contributed by atoms with Gasteiger partial charge in [-0.1, -0.05) is 176 Å². The Bertz CT molecular complexity index is 2870. The summed E-state index contributed by atoms with van der Waals surface area (Å²) in [6.45, 7) is 0. The smallest absolute Gasteiger partial charge is 0.160 e. The van der Waals surface area contributed by atoms with Gasteiger partial charge in [0.2, 0.25) is 0 Å². The van der Waals surface area contributed by atoms with E-state index in [1.807, 2.05) is 104 Å². The van der Waals surface area contributed by atoms with Crippen molar-refractivity contribution in [2.45, 2.75) is 0 Å². The van der Waals surface area contributed by atoms with Gasteiger partial charge in [-0.05, 0) is 51.6 Å². The van der Waals surface area contributed by atoms with Crippen molar-refractivity contribution in [3.8, 4) is 101 Å². The van der Waals surface area contributed by atoms with E-state index >= 15 is 0 Å². The molecule has 60 heavy (non-hydrogen) atoms. The minimum Gasteiger partial charge on any atom is -0.236 e. The third kappa shape index (κ3) is 7.49. The molecule has 0 saturated carbocycles. The zero-order chi connectivity index (χ0) is 40.1. The Hall–Kier alpha value is -8.22. The van der Waals surface area contributed by atoms with Gasteiger partial charge in [0.25, 0.3) is 0 Å². The Kier molecular flexibility index (Phi) is 9.84. The fourth-order valence-corrected chi connectivity index (χ4v) is 7.52. The maximum absolute atomic E-state index is 5.24. The maximum Gasteiger partial charge on any atom is 0.160 e. The molecule has 0 N–H and O–H groups in total. The lowest BCUT2D eigenvalue weighted by molar-refractivity contribution is 1.18. The van der Waals surface area contributed by atoms with Gasteiger partial charge in [0.1, 0.15) is 0 Å². The standard InChI is InChI=1S/C54H36N6/c1-4-16-37(17-5-1)52-55-33-44(34-56-52)40-22-14-24-42(30-40)46-26-10-12-28-48(46)50-32-51(60-54(59-50)39-20-8-3-9-21-39)49-29-13-11-27-47(49)43-25-15-23-41(31-43)45-35-57-53(58-36-45)38-18-6-2-7-19-38/h1-36H. The molecule has 3 heterocycles. The van der Waals surface area contributed by atoms with Crippen molar-refractivity contribution in [3.05, 3.63) is 219 Å². The molecule has 282 valence electrons. The zero-order valence-electron chi connectivity index (χ0n) is 32.5. The van der Waals surface area contributed by atoms with Gasteiger partial charge >= 0.3 is 0 Å². The van der Waals surface area contributed by atoms with Gasteiger partial charge < -0.3 is 0 Å². The van der Waals surface area contributed by atoms with E-state index in [4.69, 9.17) is 29.9 Å².